The Morgan fingerprint density at radius 3 is 2.76 bits per heavy atom. The summed E-state index contributed by atoms with van der Waals surface area (Å²) in [7, 11) is 0. The quantitative estimate of drug-likeness (QED) is 0.897. The van der Waals surface area contributed by atoms with E-state index in [-0.39, 0.29) is 17.7 Å². The Hall–Kier alpha value is -1.55. The van der Waals surface area contributed by atoms with Gasteiger partial charge in [0.25, 0.3) is 5.91 Å². The second kappa shape index (κ2) is 6.94. The molecule has 2 unspecified atom stereocenters. The summed E-state index contributed by atoms with van der Waals surface area (Å²) in [5.41, 5.74) is 1.29. The van der Waals surface area contributed by atoms with E-state index < -0.39 is 5.97 Å². The molecule has 5 heteroatoms. The zero-order chi connectivity index (χ0) is 15.4. The molecule has 0 bridgehead atoms. The van der Waals surface area contributed by atoms with Crippen LogP contribution in [0.25, 0.3) is 0 Å². The molecule has 0 spiro atoms. The molecule has 4 nitrogen and oxygen atoms in total. The van der Waals surface area contributed by atoms with Crippen LogP contribution in [0.2, 0.25) is 5.02 Å². The van der Waals surface area contributed by atoms with Crippen LogP contribution in [0, 0.1) is 18.8 Å². The van der Waals surface area contributed by atoms with Crippen molar-refractivity contribution in [2.45, 2.75) is 32.6 Å². The van der Waals surface area contributed by atoms with E-state index in [0.29, 0.717) is 23.6 Å². The molecule has 1 aliphatic rings. The highest BCUT2D eigenvalue weighted by molar-refractivity contribution is 6.31. The molecule has 2 rings (SSSR count). The Bertz CT molecular complexity index is 544. The third-order valence-corrected chi connectivity index (χ3v) is 4.67. The van der Waals surface area contributed by atoms with Gasteiger partial charge in [-0.1, -0.05) is 30.5 Å². The summed E-state index contributed by atoms with van der Waals surface area (Å²) in [6, 6.07) is 5.21. The van der Waals surface area contributed by atoms with Crippen LogP contribution < -0.4 is 5.32 Å². The summed E-state index contributed by atoms with van der Waals surface area (Å²) in [6.07, 6.45) is 3.53. The van der Waals surface area contributed by atoms with Crippen molar-refractivity contribution < 1.29 is 14.7 Å². The van der Waals surface area contributed by atoms with Gasteiger partial charge in [0.05, 0.1) is 5.92 Å². The largest absolute Gasteiger partial charge is 0.481 e. The number of carboxylic acids is 1. The number of carbonyl (C=O) groups excluding carboxylic acids is 1. The minimum Gasteiger partial charge on any atom is -0.481 e. The van der Waals surface area contributed by atoms with Gasteiger partial charge in [-0.25, -0.2) is 0 Å². The molecular weight excluding hydrogens is 290 g/mol. The maximum Gasteiger partial charge on any atom is 0.306 e. The van der Waals surface area contributed by atoms with Crippen LogP contribution in [0.3, 0.4) is 0 Å². The summed E-state index contributed by atoms with van der Waals surface area (Å²) in [5.74, 6) is -1.28. The fraction of sp³-hybridized carbons (Fsp3) is 0.500. The second-order valence-corrected chi connectivity index (χ2v) is 6.02. The second-order valence-electron chi connectivity index (χ2n) is 5.61. The normalized spacial score (nSPS) is 21.8. The Morgan fingerprint density at radius 2 is 2.05 bits per heavy atom. The molecule has 114 valence electrons. The molecule has 1 aliphatic carbocycles. The van der Waals surface area contributed by atoms with Gasteiger partial charge in [0.2, 0.25) is 0 Å². The molecule has 1 aromatic rings. The number of benzene rings is 1. The maximum atomic E-state index is 12.2. The number of amides is 1. The van der Waals surface area contributed by atoms with Crippen LogP contribution in [0.15, 0.2) is 18.2 Å². The Balaban J connectivity index is 2.00. The SMILES string of the molecule is Cc1c(Cl)cccc1C(=O)NCC1CCCCC1C(=O)O. The summed E-state index contributed by atoms with van der Waals surface area (Å²) < 4.78 is 0. The number of hydrogen-bond donors (Lipinski definition) is 2. The number of nitrogens with one attached hydrogen (secondary N) is 1. The van der Waals surface area contributed by atoms with E-state index in [1.54, 1.807) is 25.1 Å². The molecule has 0 saturated heterocycles. The van der Waals surface area contributed by atoms with Gasteiger partial charge >= 0.3 is 5.97 Å². The van der Waals surface area contributed by atoms with Gasteiger partial charge in [0, 0.05) is 17.1 Å². The van der Waals surface area contributed by atoms with Crippen molar-refractivity contribution in [1.82, 2.24) is 5.32 Å². The van der Waals surface area contributed by atoms with Crippen molar-refractivity contribution in [2.24, 2.45) is 11.8 Å². The van der Waals surface area contributed by atoms with Gasteiger partial charge < -0.3 is 10.4 Å². The maximum absolute atomic E-state index is 12.2. The van der Waals surface area contributed by atoms with Crippen molar-refractivity contribution in [3.63, 3.8) is 0 Å². The topological polar surface area (TPSA) is 66.4 Å². The highest BCUT2D eigenvalue weighted by atomic mass is 35.5. The average molecular weight is 310 g/mol. The van der Waals surface area contributed by atoms with E-state index in [1.165, 1.54) is 0 Å². The van der Waals surface area contributed by atoms with Crippen LogP contribution >= 0.6 is 11.6 Å². The number of halogens is 1. The highest BCUT2D eigenvalue weighted by Gasteiger charge is 2.30. The van der Waals surface area contributed by atoms with Crippen LogP contribution in [-0.4, -0.2) is 23.5 Å². The Morgan fingerprint density at radius 1 is 1.33 bits per heavy atom. The van der Waals surface area contributed by atoms with Gasteiger partial charge in [-0.2, -0.15) is 0 Å². The van der Waals surface area contributed by atoms with Crippen molar-refractivity contribution in [2.75, 3.05) is 6.54 Å². The van der Waals surface area contributed by atoms with Gasteiger partial charge in [0.15, 0.2) is 0 Å². The van der Waals surface area contributed by atoms with Crippen LogP contribution in [-0.2, 0) is 4.79 Å². The van der Waals surface area contributed by atoms with Gasteiger partial charge in [-0.3, -0.25) is 9.59 Å². The van der Waals surface area contributed by atoms with Crippen LogP contribution in [0.1, 0.15) is 41.6 Å². The van der Waals surface area contributed by atoms with Crippen molar-refractivity contribution in [1.29, 1.82) is 0 Å². The lowest BCUT2D eigenvalue weighted by molar-refractivity contribution is -0.144. The zero-order valence-corrected chi connectivity index (χ0v) is 12.8. The first-order valence-electron chi connectivity index (χ1n) is 7.27. The fourth-order valence-electron chi connectivity index (χ4n) is 2.95. The van der Waals surface area contributed by atoms with Crippen molar-refractivity contribution in [3.05, 3.63) is 34.3 Å². The van der Waals surface area contributed by atoms with Crippen LogP contribution in [0.5, 0.6) is 0 Å². The van der Waals surface area contributed by atoms with E-state index >= 15 is 0 Å². The van der Waals surface area contributed by atoms with E-state index in [9.17, 15) is 14.7 Å². The summed E-state index contributed by atoms with van der Waals surface area (Å²) in [5, 5.41) is 12.7. The first-order chi connectivity index (χ1) is 10.0. The first kappa shape index (κ1) is 15.8. The average Bonchev–Trinajstić information content (AvgIpc) is 2.47. The lowest BCUT2D eigenvalue weighted by Crippen LogP contribution is -2.37. The van der Waals surface area contributed by atoms with Crippen molar-refractivity contribution >= 4 is 23.5 Å². The molecule has 1 amide bonds. The van der Waals surface area contributed by atoms with Gasteiger partial charge in [-0.05, 0) is 43.4 Å². The molecule has 1 fully saturated rings. The smallest absolute Gasteiger partial charge is 0.306 e. The van der Waals surface area contributed by atoms with E-state index in [1.807, 2.05) is 0 Å². The Kier molecular flexibility index (Phi) is 5.23. The van der Waals surface area contributed by atoms with E-state index in [2.05, 4.69) is 5.32 Å². The molecule has 2 N–H and O–H groups in total. The number of carbonyl (C=O) groups is 2. The standard InChI is InChI=1S/C16H20ClNO3/c1-10-12(7-4-8-14(10)17)15(19)18-9-11-5-2-3-6-13(11)16(20)21/h4,7-8,11,13H,2-3,5-6,9H2,1H3,(H,18,19)(H,20,21). The van der Waals surface area contributed by atoms with E-state index in [4.69, 9.17) is 11.6 Å². The summed E-state index contributed by atoms with van der Waals surface area (Å²) in [4.78, 5) is 23.5. The molecule has 0 heterocycles. The number of rotatable bonds is 4. The van der Waals surface area contributed by atoms with Crippen LogP contribution in [0.4, 0.5) is 0 Å². The highest BCUT2D eigenvalue weighted by Crippen LogP contribution is 2.30. The fourth-order valence-corrected chi connectivity index (χ4v) is 3.12. The lowest BCUT2D eigenvalue weighted by Gasteiger charge is -2.28. The summed E-state index contributed by atoms with van der Waals surface area (Å²) in [6.45, 7) is 2.21. The molecule has 21 heavy (non-hydrogen) atoms. The number of carboxylic acid groups (broad SMARTS) is 1. The predicted octanol–water partition coefficient (Wildman–Crippen LogP) is 3.27. The van der Waals surface area contributed by atoms with E-state index in [0.717, 1.165) is 24.8 Å². The third kappa shape index (κ3) is 3.76. The predicted molar refractivity (Wildman–Crippen MR) is 81.6 cm³/mol. The zero-order valence-electron chi connectivity index (χ0n) is 12.1. The third-order valence-electron chi connectivity index (χ3n) is 4.26. The summed E-state index contributed by atoms with van der Waals surface area (Å²) >= 11 is 6.01. The van der Waals surface area contributed by atoms with Gasteiger partial charge in [-0.15, -0.1) is 0 Å². The lowest BCUT2D eigenvalue weighted by atomic mass is 9.79. The van der Waals surface area contributed by atoms with Crippen molar-refractivity contribution in [3.8, 4) is 0 Å². The molecular formula is C16H20ClNO3. The molecule has 0 aromatic heterocycles. The number of aliphatic carboxylic acids is 1. The first-order valence-corrected chi connectivity index (χ1v) is 7.64. The minimum absolute atomic E-state index is 0.0136. The molecule has 1 saturated carbocycles. The molecule has 2 atom stereocenters. The molecule has 1 aromatic carbocycles. The number of hydrogen-bond acceptors (Lipinski definition) is 2. The Labute approximate surface area is 129 Å². The molecule has 0 radical (unpaired) electrons. The van der Waals surface area contributed by atoms with Gasteiger partial charge in [0.1, 0.15) is 0 Å². The minimum atomic E-state index is -0.757. The molecule has 0 aliphatic heterocycles. The monoisotopic (exact) mass is 309 g/mol.